The number of amides is 1. The molecule has 0 bridgehead atoms. The first kappa shape index (κ1) is 15.3. The van der Waals surface area contributed by atoms with Gasteiger partial charge in [-0.2, -0.15) is 0 Å². The SMILES string of the molecule is COC(=O)[C@H]1C[C@@H](O)CCN1C(=O)OCc1ccccc1. The lowest BCUT2D eigenvalue weighted by Crippen LogP contribution is -2.51. The summed E-state index contributed by atoms with van der Waals surface area (Å²) in [6.07, 6.45) is -0.574. The fourth-order valence-corrected chi connectivity index (χ4v) is 2.33. The maximum atomic E-state index is 12.1. The van der Waals surface area contributed by atoms with Crippen LogP contribution in [0.2, 0.25) is 0 Å². The predicted molar refractivity (Wildman–Crippen MR) is 74.4 cm³/mol. The van der Waals surface area contributed by atoms with Gasteiger partial charge in [0.25, 0.3) is 0 Å². The Kier molecular flexibility index (Phi) is 5.16. The van der Waals surface area contributed by atoms with E-state index in [1.807, 2.05) is 30.3 Å². The fraction of sp³-hybridized carbons (Fsp3) is 0.467. The van der Waals surface area contributed by atoms with Gasteiger partial charge >= 0.3 is 12.1 Å². The van der Waals surface area contributed by atoms with Crippen LogP contribution in [-0.2, 0) is 20.9 Å². The number of benzene rings is 1. The summed E-state index contributed by atoms with van der Waals surface area (Å²) < 4.78 is 9.91. The predicted octanol–water partition coefficient (Wildman–Crippen LogP) is 1.32. The number of ether oxygens (including phenoxy) is 2. The zero-order valence-corrected chi connectivity index (χ0v) is 11.9. The lowest BCUT2D eigenvalue weighted by Gasteiger charge is -2.35. The van der Waals surface area contributed by atoms with Crippen LogP contribution in [0.3, 0.4) is 0 Å². The van der Waals surface area contributed by atoms with Gasteiger partial charge in [-0.05, 0) is 12.0 Å². The molecule has 6 nitrogen and oxygen atoms in total. The van der Waals surface area contributed by atoms with Crippen LogP contribution < -0.4 is 0 Å². The van der Waals surface area contributed by atoms with Gasteiger partial charge in [-0.1, -0.05) is 30.3 Å². The normalized spacial score (nSPS) is 21.7. The summed E-state index contributed by atoms with van der Waals surface area (Å²) in [5.41, 5.74) is 0.873. The number of aliphatic hydroxyl groups is 1. The Morgan fingerprint density at radius 1 is 1.33 bits per heavy atom. The molecular formula is C15H19NO5. The molecule has 1 N–H and O–H groups in total. The topological polar surface area (TPSA) is 76.1 Å². The molecule has 0 spiro atoms. The van der Waals surface area contributed by atoms with Gasteiger partial charge in [-0.25, -0.2) is 9.59 Å². The first-order valence-electron chi connectivity index (χ1n) is 6.85. The molecule has 2 rings (SSSR count). The van der Waals surface area contributed by atoms with Crippen LogP contribution in [0.5, 0.6) is 0 Å². The zero-order chi connectivity index (χ0) is 15.2. The minimum Gasteiger partial charge on any atom is -0.467 e. The van der Waals surface area contributed by atoms with Crippen molar-refractivity contribution in [2.75, 3.05) is 13.7 Å². The molecule has 1 aliphatic heterocycles. The van der Waals surface area contributed by atoms with Gasteiger partial charge in [0, 0.05) is 13.0 Å². The summed E-state index contributed by atoms with van der Waals surface area (Å²) >= 11 is 0. The van der Waals surface area contributed by atoms with Gasteiger partial charge in [0.2, 0.25) is 0 Å². The number of esters is 1. The van der Waals surface area contributed by atoms with Crippen molar-refractivity contribution < 1.29 is 24.2 Å². The van der Waals surface area contributed by atoms with Gasteiger partial charge in [0.15, 0.2) is 0 Å². The molecule has 2 atom stereocenters. The number of rotatable bonds is 3. The molecule has 1 heterocycles. The second kappa shape index (κ2) is 7.08. The number of hydrogen-bond donors (Lipinski definition) is 1. The van der Waals surface area contributed by atoms with Crippen LogP contribution >= 0.6 is 0 Å². The van der Waals surface area contributed by atoms with Crippen LogP contribution in [0.1, 0.15) is 18.4 Å². The number of carbonyl (C=O) groups is 2. The standard InChI is InChI=1S/C15H19NO5/c1-20-14(18)13-9-12(17)7-8-16(13)15(19)21-10-11-5-3-2-4-6-11/h2-6,12-13,17H,7-10H2,1H3/t12-,13+/m0/s1. The number of likely N-dealkylation sites (tertiary alicyclic amines) is 1. The van der Waals surface area contributed by atoms with Crippen LogP contribution in [0.25, 0.3) is 0 Å². The van der Waals surface area contributed by atoms with Crippen molar-refractivity contribution in [3.05, 3.63) is 35.9 Å². The largest absolute Gasteiger partial charge is 0.467 e. The lowest BCUT2D eigenvalue weighted by atomic mass is 10.00. The summed E-state index contributed by atoms with van der Waals surface area (Å²) in [5.74, 6) is -0.537. The van der Waals surface area contributed by atoms with Crippen LogP contribution in [0.4, 0.5) is 4.79 Å². The smallest absolute Gasteiger partial charge is 0.410 e. The Hall–Kier alpha value is -2.08. The maximum absolute atomic E-state index is 12.1. The Morgan fingerprint density at radius 3 is 2.71 bits per heavy atom. The van der Waals surface area contributed by atoms with Gasteiger partial charge in [0.1, 0.15) is 12.6 Å². The third-order valence-electron chi connectivity index (χ3n) is 3.49. The summed E-state index contributed by atoms with van der Waals surface area (Å²) in [7, 11) is 1.26. The second-order valence-corrected chi connectivity index (χ2v) is 4.95. The summed E-state index contributed by atoms with van der Waals surface area (Å²) in [6.45, 7) is 0.418. The van der Waals surface area contributed by atoms with E-state index in [1.54, 1.807) is 0 Å². The van der Waals surface area contributed by atoms with E-state index in [0.717, 1.165) is 5.56 Å². The fourth-order valence-electron chi connectivity index (χ4n) is 2.33. The molecule has 21 heavy (non-hydrogen) atoms. The van der Waals surface area contributed by atoms with Crippen molar-refractivity contribution in [1.82, 2.24) is 4.90 Å². The molecule has 114 valence electrons. The molecule has 1 amide bonds. The molecular weight excluding hydrogens is 274 g/mol. The Labute approximate surface area is 123 Å². The Morgan fingerprint density at radius 2 is 2.05 bits per heavy atom. The van der Waals surface area contributed by atoms with Gasteiger partial charge < -0.3 is 14.6 Å². The molecule has 0 unspecified atom stereocenters. The molecule has 0 radical (unpaired) electrons. The minimum absolute atomic E-state index is 0.145. The van der Waals surface area contributed by atoms with Gasteiger partial charge in [-0.3, -0.25) is 4.90 Å². The van der Waals surface area contributed by atoms with Crippen molar-refractivity contribution in [2.45, 2.75) is 31.6 Å². The van der Waals surface area contributed by atoms with Gasteiger partial charge in [-0.15, -0.1) is 0 Å². The quantitative estimate of drug-likeness (QED) is 0.851. The highest BCUT2D eigenvalue weighted by Gasteiger charge is 2.37. The van der Waals surface area contributed by atoms with E-state index in [0.29, 0.717) is 6.42 Å². The van der Waals surface area contributed by atoms with E-state index in [1.165, 1.54) is 12.0 Å². The van der Waals surface area contributed by atoms with Crippen LogP contribution in [0.15, 0.2) is 30.3 Å². The van der Waals surface area contributed by atoms with Crippen molar-refractivity contribution >= 4 is 12.1 Å². The first-order chi connectivity index (χ1) is 10.1. The summed E-state index contributed by atoms with van der Waals surface area (Å²) in [6, 6.07) is 8.51. The average molecular weight is 293 g/mol. The van der Waals surface area contributed by atoms with Crippen molar-refractivity contribution in [3.8, 4) is 0 Å². The van der Waals surface area contributed by atoms with E-state index in [2.05, 4.69) is 4.74 Å². The van der Waals surface area contributed by atoms with E-state index in [9.17, 15) is 14.7 Å². The van der Waals surface area contributed by atoms with Crippen LogP contribution in [-0.4, -0.2) is 47.9 Å². The highest BCUT2D eigenvalue weighted by molar-refractivity contribution is 5.81. The lowest BCUT2D eigenvalue weighted by molar-refractivity contribution is -0.149. The summed E-state index contributed by atoms with van der Waals surface area (Å²) in [5, 5.41) is 9.64. The molecule has 0 aromatic heterocycles. The first-order valence-corrected chi connectivity index (χ1v) is 6.85. The van der Waals surface area contributed by atoms with Gasteiger partial charge in [0.05, 0.1) is 13.2 Å². The third kappa shape index (κ3) is 3.95. The maximum Gasteiger partial charge on any atom is 0.410 e. The molecule has 6 heteroatoms. The number of hydrogen-bond acceptors (Lipinski definition) is 5. The number of aliphatic hydroxyl groups excluding tert-OH is 1. The van der Waals surface area contributed by atoms with E-state index < -0.39 is 24.2 Å². The van der Waals surface area contributed by atoms with Crippen LogP contribution in [0, 0.1) is 0 Å². The average Bonchev–Trinajstić information content (AvgIpc) is 2.52. The minimum atomic E-state index is -0.790. The monoisotopic (exact) mass is 293 g/mol. The molecule has 0 saturated carbocycles. The van der Waals surface area contributed by atoms with E-state index in [-0.39, 0.29) is 19.6 Å². The van der Waals surface area contributed by atoms with Crippen molar-refractivity contribution in [2.24, 2.45) is 0 Å². The molecule has 1 aromatic carbocycles. The summed E-state index contributed by atoms with van der Waals surface area (Å²) in [4.78, 5) is 25.2. The Balaban J connectivity index is 1.97. The number of piperidine rings is 1. The molecule has 1 saturated heterocycles. The third-order valence-corrected chi connectivity index (χ3v) is 3.49. The number of carbonyl (C=O) groups excluding carboxylic acids is 2. The molecule has 1 fully saturated rings. The van der Waals surface area contributed by atoms with E-state index >= 15 is 0 Å². The molecule has 1 aliphatic rings. The number of nitrogens with zero attached hydrogens (tertiary/aromatic N) is 1. The zero-order valence-electron chi connectivity index (χ0n) is 11.9. The number of methoxy groups -OCH3 is 1. The second-order valence-electron chi connectivity index (χ2n) is 4.95. The highest BCUT2D eigenvalue weighted by atomic mass is 16.6. The highest BCUT2D eigenvalue weighted by Crippen LogP contribution is 2.20. The molecule has 0 aliphatic carbocycles. The Bertz CT molecular complexity index is 490. The molecule has 1 aromatic rings. The van der Waals surface area contributed by atoms with Crippen molar-refractivity contribution in [1.29, 1.82) is 0 Å². The van der Waals surface area contributed by atoms with Crippen molar-refractivity contribution in [3.63, 3.8) is 0 Å². The van der Waals surface area contributed by atoms with E-state index in [4.69, 9.17) is 4.74 Å².